The van der Waals surface area contributed by atoms with Crippen LogP contribution in [0.25, 0.3) is 0 Å². The zero-order valence-electron chi connectivity index (χ0n) is 11.1. The number of esters is 1. The van der Waals surface area contributed by atoms with Gasteiger partial charge >= 0.3 is 5.97 Å². The standard InChI is InChI=1S/C13H18N4O2/c1-10(8-17-6-5-14-9-17)15-7-11-3-4-12(16-11)13(18)19-2/h3-6,9-10,15-16H,7-8H2,1-2H3. The minimum absolute atomic E-state index is 0.305. The number of H-pyrrole nitrogens is 1. The van der Waals surface area contributed by atoms with E-state index in [0.717, 1.165) is 12.2 Å². The van der Waals surface area contributed by atoms with E-state index in [0.29, 0.717) is 18.3 Å². The number of hydrogen-bond donors (Lipinski definition) is 2. The van der Waals surface area contributed by atoms with E-state index in [-0.39, 0.29) is 5.97 Å². The Balaban J connectivity index is 1.81. The molecule has 2 heterocycles. The maximum absolute atomic E-state index is 11.3. The fourth-order valence-electron chi connectivity index (χ4n) is 1.83. The first-order valence-corrected chi connectivity index (χ1v) is 6.14. The summed E-state index contributed by atoms with van der Waals surface area (Å²) in [6.07, 6.45) is 5.49. The highest BCUT2D eigenvalue weighted by molar-refractivity contribution is 5.87. The molecule has 0 amide bonds. The third kappa shape index (κ3) is 3.69. The Labute approximate surface area is 111 Å². The average Bonchev–Trinajstić information content (AvgIpc) is 3.06. The van der Waals surface area contributed by atoms with E-state index in [1.807, 2.05) is 16.8 Å². The molecule has 1 unspecified atom stereocenters. The van der Waals surface area contributed by atoms with Gasteiger partial charge in [-0.2, -0.15) is 0 Å². The number of methoxy groups -OCH3 is 1. The second-order valence-electron chi connectivity index (χ2n) is 4.43. The molecule has 0 saturated heterocycles. The first-order valence-electron chi connectivity index (χ1n) is 6.14. The molecule has 0 aromatic carbocycles. The molecule has 0 bridgehead atoms. The fraction of sp³-hybridized carbons (Fsp3) is 0.385. The normalized spacial score (nSPS) is 12.3. The lowest BCUT2D eigenvalue weighted by molar-refractivity contribution is 0.0594. The lowest BCUT2D eigenvalue weighted by Gasteiger charge is -2.13. The minimum Gasteiger partial charge on any atom is -0.464 e. The predicted molar refractivity (Wildman–Crippen MR) is 70.7 cm³/mol. The van der Waals surface area contributed by atoms with E-state index in [9.17, 15) is 4.79 Å². The van der Waals surface area contributed by atoms with Crippen LogP contribution in [0, 0.1) is 0 Å². The number of nitrogens with zero attached hydrogens (tertiary/aromatic N) is 2. The second-order valence-corrected chi connectivity index (χ2v) is 4.43. The molecule has 2 N–H and O–H groups in total. The molecule has 0 radical (unpaired) electrons. The van der Waals surface area contributed by atoms with Gasteiger partial charge in [0.05, 0.1) is 13.4 Å². The molecule has 6 heteroatoms. The first kappa shape index (κ1) is 13.4. The molecule has 19 heavy (non-hydrogen) atoms. The molecule has 2 aromatic heterocycles. The first-order chi connectivity index (χ1) is 9.19. The monoisotopic (exact) mass is 262 g/mol. The largest absolute Gasteiger partial charge is 0.464 e. The molecule has 6 nitrogen and oxygen atoms in total. The molecular formula is C13H18N4O2. The third-order valence-electron chi connectivity index (χ3n) is 2.84. The number of aromatic amines is 1. The van der Waals surface area contributed by atoms with Crippen LogP contribution in [0.1, 0.15) is 23.1 Å². The van der Waals surface area contributed by atoms with E-state index in [2.05, 4.69) is 26.9 Å². The molecular weight excluding hydrogens is 244 g/mol. The van der Waals surface area contributed by atoms with Crippen LogP contribution in [-0.4, -0.2) is 33.7 Å². The molecule has 1 atom stereocenters. The third-order valence-corrected chi connectivity index (χ3v) is 2.84. The number of carbonyl (C=O) groups excluding carboxylic acids is 1. The van der Waals surface area contributed by atoms with Crippen molar-refractivity contribution in [1.82, 2.24) is 19.9 Å². The van der Waals surface area contributed by atoms with Crippen LogP contribution >= 0.6 is 0 Å². The Bertz CT molecular complexity index is 518. The summed E-state index contributed by atoms with van der Waals surface area (Å²) in [5, 5.41) is 3.38. The van der Waals surface area contributed by atoms with E-state index in [1.54, 1.807) is 18.6 Å². The molecule has 2 rings (SSSR count). The number of hydrogen-bond acceptors (Lipinski definition) is 4. The molecule has 0 saturated carbocycles. The highest BCUT2D eigenvalue weighted by Gasteiger charge is 2.08. The van der Waals surface area contributed by atoms with Crippen molar-refractivity contribution in [2.75, 3.05) is 7.11 Å². The summed E-state index contributed by atoms with van der Waals surface area (Å²) >= 11 is 0. The number of aromatic nitrogens is 3. The van der Waals surface area contributed by atoms with Crippen molar-refractivity contribution in [3.63, 3.8) is 0 Å². The quantitative estimate of drug-likeness (QED) is 0.767. The van der Waals surface area contributed by atoms with Gasteiger partial charge in [0.25, 0.3) is 0 Å². The van der Waals surface area contributed by atoms with E-state index in [4.69, 9.17) is 0 Å². The van der Waals surface area contributed by atoms with Gasteiger partial charge in [0.15, 0.2) is 0 Å². The molecule has 102 valence electrons. The van der Waals surface area contributed by atoms with Crippen molar-refractivity contribution in [2.45, 2.75) is 26.1 Å². The number of ether oxygens (including phenoxy) is 1. The zero-order chi connectivity index (χ0) is 13.7. The highest BCUT2D eigenvalue weighted by atomic mass is 16.5. The molecule has 0 fully saturated rings. The Hall–Kier alpha value is -2.08. The van der Waals surface area contributed by atoms with Gasteiger partial charge in [0.1, 0.15) is 5.69 Å². The van der Waals surface area contributed by atoms with E-state index in [1.165, 1.54) is 7.11 Å². The van der Waals surface area contributed by atoms with Gasteiger partial charge < -0.3 is 19.6 Å². The average molecular weight is 262 g/mol. The van der Waals surface area contributed by atoms with E-state index < -0.39 is 0 Å². The fourth-order valence-corrected chi connectivity index (χ4v) is 1.83. The maximum atomic E-state index is 11.3. The van der Waals surface area contributed by atoms with Crippen molar-refractivity contribution in [1.29, 1.82) is 0 Å². The molecule has 0 aliphatic heterocycles. The predicted octanol–water partition coefficient (Wildman–Crippen LogP) is 1.18. The lowest BCUT2D eigenvalue weighted by atomic mass is 10.3. The van der Waals surface area contributed by atoms with Gasteiger partial charge in [-0.1, -0.05) is 0 Å². The zero-order valence-corrected chi connectivity index (χ0v) is 11.1. The summed E-state index contributed by atoms with van der Waals surface area (Å²) in [5.41, 5.74) is 1.43. The van der Waals surface area contributed by atoms with E-state index >= 15 is 0 Å². The van der Waals surface area contributed by atoms with Crippen molar-refractivity contribution in [3.05, 3.63) is 42.2 Å². The summed E-state index contributed by atoms with van der Waals surface area (Å²) in [6, 6.07) is 3.91. The van der Waals surface area contributed by atoms with Gasteiger partial charge in [0.2, 0.25) is 0 Å². The Kier molecular flexibility index (Phi) is 4.35. The smallest absolute Gasteiger partial charge is 0.354 e. The number of rotatable bonds is 6. The summed E-state index contributed by atoms with van der Waals surface area (Å²) in [5.74, 6) is -0.349. The van der Waals surface area contributed by atoms with Crippen molar-refractivity contribution < 1.29 is 9.53 Å². The number of carbonyl (C=O) groups is 1. The van der Waals surface area contributed by atoms with Crippen LogP contribution < -0.4 is 5.32 Å². The van der Waals surface area contributed by atoms with Gasteiger partial charge in [-0.3, -0.25) is 0 Å². The topological polar surface area (TPSA) is 71.9 Å². The van der Waals surface area contributed by atoms with Gasteiger partial charge in [-0.25, -0.2) is 9.78 Å². The van der Waals surface area contributed by atoms with Crippen molar-refractivity contribution in [2.24, 2.45) is 0 Å². The molecule has 0 aliphatic carbocycles. The molecule has 0 aliphatic rings. The second kappa shape index (κ2) is 6.19. The maximum Gasteiger partial charge on any atom is 0.354 e. The van der Waals surface area contributed by atoms with Gasteiger partial charge in [-0.05, 0) is 19.1 Å². The van der Waals surface area contributed by atoms with Crippen LogP contribution in [0.15, 0.2) is 30.9 Å². The minimum atomic E-state index is -0.349. The Morgan fingerprint density at radius 1 is 1.58 bits per heavy atom. The highest BCUT2D eigenvalue weighted by Crippen LogP contribution is 2.04. The van der Waals surface area contributed by atoms with Crippen LogP contribution in [0.2, 0.25) is 0 Å². The van der Waals surface area contributed by atoms with Crippen LogP contribution in [-0.2, 0) is 17.8 Å². The van der Waals surface area contributed by atoms with Crippen molar-refractivity contribution in [3.8, 4) is 0 Å². The summed E-state index contributed by atoms with van der Waals surface area (Å²) in [4.78, 5) is 18.3. The van der Waals surface area contributed by atoms with Crippen molar-refractivity contribution >= 4 is 5.97 Å². The summed E-state index contributed by atoms with van der Waals surface area (Å²) in [7, 11) is 1.37. The number of imidazole rings is 1. The molecule has 2 aromatic rings. The number of nitrogens with one attached hydrogen (secondary N) is 2. The van der Waals surface area contributed by atoms with Crippen LogP contribution in [0.4, 0.5) is 0 Å². The van der Waals surface area contributed by atoms with Gasteiger partial charge in [-0.15, -0.1) is 0 Å². The molecule has 0 spiro atoms. The van der Waals surface area contributed by atoms with Crippen LogP contribution in [0.5, 0.6) is 0 Å². The lowest BCUT2D eigenvalue weighted by Crippen LogP contribution is -2.29. The SMILES string of the molecule is COC(=O)c1ccc(CNC(C)Cn2ccnc2)[nH]1. The van der Waals surface area contributed by atoms with Gasteiger partial charge in [0, 0.05) is 37.2 Å². The Morgan fingerprint density at radius 2 is 2.42 bits per heavy atom. The van der Waals surface area contributed by atoms with Crippen LogP contribution in [0.3, 0.4) is 0 Å². The Morgan fingerprint density at radius 3 is 3.11 bits per heavy atom. The summed E-state index contributed by atoms with van der Waals surface area (Å²) < 4.78 is 6.66. The summed E-state index contributed by atoms with van der Waals surface area (Å²) in [6.45, 7) is 3.63.